The zero-order valence-corrected chi connectivity index (χ0v) is 69.9. The maximum Gasteiger partial charge on any atom is 0.494 e. The lowest BCUT2D eigenvalue weighted by molar-refractivity contribution is 0.00578. The normalized spacial score (nSPS) is 18.2. The van der Waals surface area contributed by atoms with Gasteiger partial charge in [0, 0.05) is 27.8 Å². The molecule has 3 heterocycles. The van der Waals surface area contributed by atoms with Crippen molar-refractivity contribution in [3.8, 4) is 78.7 Å². The van der Waals surface area contributed by atoms with Gasteiger partial charge < -0.3 is 16.7 Å². The minimum Gasteiger partial charge on any atom is -0.399 e. The predicted octanol–water partition coefficient (Wildman–Crippen LogP) is 26.5. The zero-order chi connectivity index (χ0) is 82.2. The van der Waals surface area contributed by atoms with Gasteiger partial charge >= 0.3 is 7.12 Å². The molecule has 0 saturated carbocycles. The van der Waals surface area contributed by atoms with Gasteiger partial charge in [0.15, 0.2) is 5.82 Å². The maximum absolute atomic E-state index is 6.61. The zero-order valence-electron chi connectivity index (χ0n) is 69.1. The summed E-state index contributed by atoms with van der Waals surface area (Å²) in [6.07, 6.45) is 0. The molecule has 2 aromatic heterocycles. The highest BCUT2D eigenvalue weighted by atomic mass is 35.5. The smallest absolute Gasteiger partial charge is 0.399 e. The molecule has 1 aliphatic heterocycles. The minimum absolute atomic E-state index is 0. The fourth-order valence-electron chi connectivity index (χ4n) is 20.5. The van der Waals surface area contributed by atoms with E-state index < -0.39 is 40.0 Å². The second-order valence-corrected chi connectivity index (χ2v) is 33.6. The molecule has 4 atom stereocenters. The number of halogens is 1. The largest absolute Gasteiger partial charge is 0.494 e. The number of nitrogens with zero attached hydrogens (tertiary/aromatic N) is 4. The Morgan fingerprint density at radius 2 is 0.488 bits per heavy atom. The van der Waals surface area contributed by atoms with E-state index >= 15 is 0 Å². The van der Waals surface area contributed by atoms with Crippen molar-refractivity contribution in [1.82, 2.24) is 19.9 Å². The summed E-state index contributed by atoms with van der Waals surface area (Å²) in [7, 11) is -0.458. The molecule has 6 nitrogen and oxygen atoms in total. The van der Waals surface area contributed by atoms with Crippen LogP contribution >= 0.6 is 11.6 Å². The summed E-state index contributed by atoms with van der Waals surface area (Å²) in [6.45, 7) is 8.48. The fraction of sp³-hybridized carbons (Fsp3) is 0.0870. The standard InChI is InChI=1S/C54H36N2.C44H37BO2.C16H11ClN2.CH3/c1-5-19-37(20-6-1)49-36-50(38-21-7-2-8-22-38)56-52(55-49)39-23-17-28-42(35-39)53(40-24-9-3-10-25-40)46-32-15-16-33-47(46)54(41-26-11-4-12-27-41)45-31-14-13-29-43(45)44-30-18-34-48(53)51(44)54;1-41(2)42(3,4)47-45(46-41)33-22-15-21-32(29-33)43(30-17-7-5-8-18-30)37-26-13-14-27-38(37)44(31-19-9-6-10-20-31)36-25-12-11-23-34(36)35-24-16-28-39(43)40(35)44;17-16-18-14(12-7-3-1-4-8-12)11-15(19-16)13-9-5-2-6-10-13;/h1-36H;5-29H,1-4H3;1-11H;1H3/q;;;-1. The van der Waals surface area contributed by atoms with Crippen LogP contribution in [0.1, 0.15) is 117 Å². The number of hydrogen-bond acceptors (Lipinski definition) is 6. The molecule has 18 aromatic rings. The van der Waals surface area contributed by atoms with Crippen molar-refractivity contribution in [2.75, 3.05) is 0 Å². The van der Waals surface area contributed by atoms with Crippen molar-refractivity contribution < 1.29 is 9.31 Å². The van der Waals surface area contributed by atoms with Crippen LogP contribution in [0.5, 0.6) is 0 Å². The lowest BCUT2D eigenvalue weighted by Crippen LogP contribution is -2.45. The molecule has 0 amide bonds. The van der Waals surface area contributed by atoms with Crippen LogP contribution in [0.15, 0.2) is 437 Å². The van der Waals surface area contributed by atoms with E-state index in [2.05, 4.69) is 396 Å². The van der Waals surface area contributed by atoms with E-state index in [1.807, 2.05) is 78.9 Å². The van der Waals surface area contributed by atoms with Crippen molar-refractivity contribution >= 4 is 24.2 Å². The average molecular weight is 1600 g/mol. The lowest BCUT2D eigenvalue weighted by atomic mass is 9.51. The van der Waals surface area contributed by atoms with Crippen LogP contribution in [0, 0.1) is 7.43 Å². The number of benzene rings is 16. The molecule has 16 aromatic carbocycles. The molecule has 1 saturated heterocycles. The van der Waals surface area contributed by atoms with Crippen LogP contribution in [0.2, 0.25) is 5.28 Å². The van der Waals surface area contributed by atoms with Crippen molar-refractivity contribution in [3.63, 3.8) is 0 Å². The molecule has 123 heavy (non-hydrogen) atoms. The van der Waals surface area contributed by atoms with Gasteiger partial charge in [-0.3, -0.25) is 0 Å². The van der Waals surface area contributed by atoms with E-state index in [-0.39, 0.29) is 12.7 Å². The number of fused-ring (bicyclic) bond motifs is 10. The number of rotatable bonds is 12. The van der Waals surface area contributed by atoms with Crippen molar-refractivity contribution in [2.45, 2.75) is 60.6 Å². The second kappa shape index (κ2) is 31.2. The summed E-state index contributed by atoms with van der Waals surface area (Å²) >= 11 is 6.03. The highest BCUT2D eigenvalue weighted by Gasteiger charge is 2.60. The molecule has 0 spiro atoms. The van der Waals surface area contributed by atoms with Crippen LogP contribution in [0.4, 0.5) is 0 Å². The first kappa shape index (κ1) is 77.6. The molecule has 0 N–H and O–H groups in total. The third kappa shape index (κ3) is 12.4. The third-order valence-corrected chi connectivity index (χ3v) is 26.5. The van der Waals surface area contributed by atoms with Crippen LogP contribution in [-0.4, -0.2) is 38.3 Å². The van der Waals surface area contributed by atoms with Gasteiger partial charge in [-0.15, -0.1) is 0 Å². The molecule has 5 aliphatic rings. The van der Waals surface area contributed by atoms with Gasteiger partial charge in [0.05, 0.1) is 55.6 Å². The van der Waals surface area contributed by atoms with Crippen molar-refractivity contribution in [1.29, 1.82) is 0 Å². The Hall–Kier alpha value is -14.0. The van der Waals surface area contributed by atoms with E-state index in [4.69, 9.17) is 30.9 Å². The summed E-state index contributed by atoms with van der Waals surface area (Å²) in [4.78, 5) is 19.1. The Bertz CT molecular complexity index is 6850. The van der Waals surface area contributed by atoms with Gasteiger partial charge in [-0.05, 0) is 174 Å². The van der Waals surface area contributed by atoms with Crippen LogP contribution in [0.3, 0.4) is 0 Å². The number of aromatic nitrogens is 4. The van der Waals surface area contributed by atoms with Crippen LogP contribution < -0.4 is 5.46 Å². The summed E-state index contributed by atoms with van der Waals surface area (Å²) < 4.78 is 13.2. The molecular formula is C115H87BClN4O2-. The highest BCUT2D eigenvalue weighted by molar-refractivity contribution is 6.62. The third-order valence-electron chi connectivity index (χ3n) is 26.3. The second-order valence-electron chi connectivity index (χ2n) is 33.2. The SMILES string of the molecule is CC1(C)OB(c2cccc(C3(c4ccccc4)c4ccccc4C4(c5ccccc5)c5ccccc5-c5cccc3c54)c2)OC1(C)C.Clc1nc(-c2ccccc2)cc(-c2ccccc2)n1.[CH3-].c1ccc(-c2cc(-c3ccccc3)nc(-c3cccc(C4(c5ccccc5)c5ccccc5C5(c6ccccc6)c6ccccc6-c6cccc4c65)c3)n2)cc1. The molecule has 4 unspecified atom stereocenters. The average Bonchev–Trinajstić information content (AvgIpc) is 1.54. The fourth-order valence-corrected chi connectivity index (χ4v) is 20.7. The Balaban J connectivity index is 0.000000129. The maximum atomic E-state index is 6.61. The van der Waals surface area contributed by atoms with Crippen LogP contribution in [0.25, 0.3) is 78.7 Å². The predicted molar refractivity (Wildman–Crippen MR) is 503 cm³/mol. The molecule has 0 radical (unpaired) electrons. The summed E-state index contributed by atoms with van der Waals surface area (Å²) in [6, 6.07) is 158. The highest BCUT2D eigenvalue weighted by Crippen LogP contribution is 2.68. The van der Waals surface area contributed by atoms with Gasteiger partial charge in [-0.2, -0.15) is 0 Å². The Morgan fingerprint density at radius 1 is 0.228 bits per heavy atom. The van der Waals surface area contributed by atoms with E-state index in [1.54, 1.807) is 0 Å². The lowest BCUT2D eigenvalue weighted by Gasteiger charge is -2.49. The van der Waals surface area contributed by atoms with Gasteiger partial charge in [0.1, 0.15) is 0 Å². The van der Waals surface area contributed by atoms with E-state index in [0.29, 0.717) is 5.82 Å². The van der Waals surface area contributed by atoms with E-state index in [9.17, 15) is 0 Å². The molecular weight excluding hydrogens is 1520 g/mol. The summed E-state index contributed by atoms with van der Waals surface area (Å²) in [5.74, 6) is 0.698. The molecule has 23 rings (SSSR count). The molecule has 1 fully saturated rings. The first-order valence-electron chi connectivity index (χ1n) is 42.0. The summed E-state index contributed by atoms with van der Waals surface area (Å²) in [5.41, 5.74) is 32.4. The Morgan fingerprint density at radius 3 is 0.862 bits per heavy atom. The molecule has 0 bridgehead atoms. The Labute approximate surface area is 726 Å². The topological polar surface area (TPSA) is 70.0 Å². The molecule has 8 heteroatoms. The number of hydrogen-bond donors (Lipinski definition) is 0. The van der Waals surface area contributed by atoms with Gasteiger partial charge in [0.25, 0.3) is 0 Å². The van der Waals surface area contributed by atoms with Gasteiger partial charge in [-0.25, -0.2) is 19.9 Å². The summed E-state index contributed by atoms with van der Waals surface area (Å²) in [5, 5.41) is 0.264. The van der Waals surface area contributed by atoms with Gasteiger partial charge in [-0.1, -0.05) is 419 Å². The molecule has 590 valence electrons. The first-order valence-corrected chi connectivity index (χ1v) is 42.4. The Kier molecular flexibility index (Phi) is 19.7. The van der Waals surface area contributed by atoms with Crippen LogP contribution in [-0.2, 0) is 31.0 Å². The van der Waals surface area contributed by atoms with E-state index in [0.717, 1.165) is 56.1 Å². The van der Waals surface area contributed by atoms with Crippen molar-refractivity contribution in [3.05, 3.63) is 539 Å². The minimum atomic E-state index is -0.654. The van der Waals surface area contributed by atoms with Gasteiger partial charge in [0.2, 0.25) is 5.28 Å². The van der Waals surface area contributed by atoms with Crippen molar-refractivity contribution in [2.24, 2.45) is 0 Å². The van der Waals surface area contributed by atoms with E-state index in [1.165, 1.54) is 111 Å². The monoisotopic (exact) mass is 1600 g/mol. The quantitative estimate of drug-likeness (QED) is 0.0690. The first-order chi connectivity index (χ1) is 59.9. The molecule has 4 aliphatic carbocycles.